The molecular weight excluding hydrogens is 1220 g/mol. The second-order valence-corrected chi connectivity index (χ2v) is 24.0. The molecule has 5 aromatic rings. The van der Waals surface area contributed by atoms with Crippen LogP contribution in [0.1, 0.15) is 103 Å². The Morgan fingerprint density at radius 3 is 1.45 bits per heavy atom. The van der Waals surface area contributed by atoms with E-state index in [2.05, 4.69) is 57.8 Å². The van der Waals surface area contributed by atoms with Gasteiger partial charge in [-0.2, -0.15) is 0 Å². The Labute approximate surface area is 542 Å². The minimum atomic E-state index is -1.65. The quantitative estimate of drug-likeness (QED) is 0.0200. The van der Waals surface area contributed by atoms with Crippen molar-refractivity contribution in [3.8, 4) is 5.75 Å². The van der Waals surface area contributed by atoms with E-state index in [-0.39, 0.29) is 43.8 Å². The minimum absolute atomic E-state index is 0.0706. The number of carbonyl (C=O) groups excluding carboxylic acids is 11. The molecule has 0 aliphatic rings. The second kappa shape index (κ2) is 36.3. The molecule has 0 unspecified atom stereocenters. The molecule has 0 aliphatic carbocycles. The maximum atomic E-state index is 14.9. The van der Waals surface area contributed by atoms with E-state index in [0.29, 0.717) is 57.9 Å². The number of primary amides is 2. The number of carboxylic acids is 1. The largest absolute Gasteiger partial charge is 0.508 e. The molecular formula is C64H89N15O15. The molecule has 510 valence electrons. The average Bonchev–Trinajstić information content (AvgIpc) is 1.66. The molecule has 0 spiro atoms. The number of aliphatic hydroxyl groups excluding tert-OH is 1. The van der Waals surface area contributed by atoms with Gasteiger partial charge in [0.1, 0.15) is 54.1 Å². The molecule has 0 aliphatic heterocycles. The normalized spacial score (nSPS) is 14.5. The van der Waals surface area contributed by atoms with Gasteiger partial charge in [-0.25, -0.2) is 4.79 Å². The Kier molecular flexibility index (Phi) is 28.9. The van der Waals surface area contributed by atoms with Crippen molar-refractivity contribution in [1.29, 1.82) is 0 Å². The summed E-state index contributed by atoms with van der Waals surface area (Å²) in [4.78, 5) is 170. The van der Waals surface area contributed by atoms with Gasteiger partial charge in [-0.3, -0.25) is 52.7 Å². The predicted molar refractivity (Wildman–Crippen MR) is 346 cm³/mol. The number of aromatic hydroxyl groups is 1. The summed E-state index contributed by atoms with van der Waals surface area (Å²) in [6.45, 7) is 7.49. The van der Waals surface area contributed by atoms with Crippen LogP contribution in [-0.2, 0) is 76.8 Å². The van der Waals surface area contributed by atoms with Crippen LogP contribution in [0, 0.1) is 11.8 Å². The maximum absolute atomic E-state index is 14.9. The highest BCUT2D eigenvalue weighted by Gasteiger charge is 2.37. The van der Waals surface area contributed by atoms with Crippen LogP contribution in [-0.4, -0.2) is 170 Å². The Hall–Kier alpha value is -9.94. The monoisotopic (exact) mass is 1310 g/mol. The Morgan fingerprint density at radius 1 is 0.500 bits per heavy atom. The topological polar surface area (TPSA) is 509 Å². The van der Waals surface area contributed by atoms with Crippen molar-refractivity contribution in [1.82, 2.24) is 57.8 Å². The summed E-state index contributed by atoms with van der Waals surface area (Å²) in [6.07, 6.45) is 0.570. The standard InChI is InChI=1S/C64H89N15O15/c1-33(2)26-50(64(93)94)77-62(91)54(34(3)4)78-59(88)46(22-24-52(68)83)73-61(90)49(29-38-31-70-44-16-9-7-13-41(38)44)75-60(89)47(27-36-17-19-39(81)20-18-36)74-58(87)45(21-23-51(67)82)72-53(84)32-71-57(86)48(28-37-30-69-43-15-8-6-12-40(37)43)76-63(92)55(35(5)80)79-56(85)42(66)14-10-11-25-65/h6-9,12-13,15-20,30-31,33-35,42,45-50,54-55,69-70,80-81H,10-11,14,21-29,32,65-66H2,1-5H3,(H2,67,82)(H2,68,83)(H,71,86)(H,72,84)(H,73,90)(H,74,87)(H,75,89)(H,76,92)(H,77,91)(H,78,88)(H,79,85)(H,93,94)/t35-,42+,45+,46+,47+,48+,49+,50+,54+,55+/m1/s1. The van der Waals surface area contributed by atoms with Gasteiger partial charge in [0.2, 0.25) is 65.0 Å². The number of carbonyl (C=O) groups is 12. The van der Waals surface area contributed by atoms with Crippen molar-refractivity contribution >= 4 is 92.8 Å². The first-order chi connectivity index (χ1) is 44.5. The number of aromatic amines is 2. The number of unbranched alkanes of at least 4 members (excludes halogenated alkanes) is 1. The molecule has 0 saturated carbocycles. The van der Waals surface area contributed by atoms with Crippen molar-refractivity contribution in [3.63, 3.8) is 0 Å². The molecule has 94 heavy (non-hydrogen) atoms. The predicted octanol–water partition coefficient (Wildman–Crippen LogP) is -1.47. The number of rotatable bonds is 39. The summed E-state index contributed by atoms with van der Waals surface area (Å²) in [5.74, 6) is -12.5. The third kappa shape index (κ3) is 23.3. The SMILES string of the molecule is CC(C)C[C@H](NC(=O)[C@@H](NC(=O)[C@H](CCC(N)=O)NC(=O)[C@H](Cc1c[nH]c2ccccc12)NC(=O)[C@H](Cc1ccc(O)cc1)NC(=O)[C@H](CCC(N)=O)NC(=O)CNC(=O)[C@H](Cc1c[nH]c2ccccc12)NC(=O)[C@@H](NC(=O)[C@@H](N)CCCCN)[C@@H](C)O)C(C)C)C(=O)O. The van der Waals surface area contributed by atoms with E-state index in [0.717, 1.165) is 0 Å². The highest BCUT2D eigenvalue weighted by atomic mass is 16.4. The third-order valence-corrected chi connectivity index (χ3v) is 15.5. The molecule has 5 rings (SSSR count). The molecule has 0 saturated heterocycles. The fraction of sp³-hybridized carbons (Fsp3) is 0.469. The molecule has 10 atom stereocenters. The van der Waals surface area contributed by atoms with Gasteiger partial charge in [0.05, 0.1) is 18.7 Å². The number of hydrogen-bond acceptors (Lipinski definition) is 16. The van der Waals surface area contributed by atoms with Crippen molar-refractivity contribution in [3.05, 3.63) is 102 Å². The number of phenolic OH excluding ortho intramolecular Hbond substituents is 1. The summed E-state index contributed by atoms with van der Waals surface area (Å²) < 4.78 is 0. The van der Waals surface area contributed by atoms with Gasteiger partial charge in [0.25, 0.3) is 0 Å². The number of hydrogen-bond donors (Lipinski definition) is 18. The first-order valence-electron chi connectivity index (χ1n) is 31.1. The third-order valence-electron chi connectivity index (χ3n) is 15.5. The number of H-pyrrole nitrogens is 2. The zero-order valence-electron chi connectivity index (χ0n) is 53.3. The van der Waals surface area contributed by atoms with Crippen LogP contribution in [0.2, 0.25) is 0 Å². The lowest BCUT2D eigenvalue weighted by Crippen LogP contribution is -2.61. The molecule has 30 nitrogen and oxygen atoms in total. The fourth-order valence-corrected chi connectivity index (χ4v) is 10.3. The van der Waals surface area contributed by atoms with Gasteiger partial charge in [-0.15, -0.1) is 0 Å². The Bertz CT molecular complexity index is 3460. The van der Waals surface area contributed by atoms with Crippen LogP contribution in [0.3, 0.4) is 0 Å². The van der Waals surface area contributed by atoms with Crippen LogP contribution in [0.25, 0.3) is 21.8 Å². The molecule has 2 heterocycles. The lowest BCUT2D eigenvalue weighted by molar-refractivity contribution is -0.143. The maximum Gasteiger partial charge on any atom is 0.326 e. The van der Waals surface area contributed by atoms with E-state index in [1.54, 1.807) is 88.6 Å². The molecule has 0 bridgehead atoms. The number of aromatic nitrogens is 2. The van der Waals surface area contributed by atoms with Gasteiger partial charge in [-0.05, 0) is 98.4 Å². The molecule has 22 N–H and O–H groups in total. The zero-order valence-corrected chi connectivity index (χ0v) is 53.3. The van der Waals surface area contributed by atoms with Crippen molar-refractivity contribution < 1.29 is 72.9 Å². The Balaban J connectivity index is 1.42. The number of para-hydroxylation sites is 2. The number of carboxylic acid groups (broad SMARTS) is 1. The van der Waals surface area contributed by atoms with E-state index >= 15 is 0 Å². The van der Waals surface area contributed by atoms with E-state index in [9.17, 15) is 72.9 Å². The fourth-order valence-electron chi connectivity index (χ4n) is 10.3. The average molecular weight is 1310 g/mol. The van der Waals surface area contributed by atoms with Crippen LogP contribution in [0.4, 0.5) is 0 Å². The van der Waals surface area contributed by atoms with E-state index in [1.807, 2.05) is 0 Å². The first kappa shape index (κ1) is 74.8. The van der Waals surface area contributed by atoms with Crippen LogP contribution < -0.4 is 70.8 Å². The lowest BCUT2D eigenvalue weighted by Gasteiger charge is -2.28. The number of aliphatic carboxylic acids is 1. The summed E-state index contributed by atoms with van der Waals surface area (Å²) in [5.41, 5.74) is 25.4. The summed E-state index contributed by atoms with van der Waals surface area (Å²) in [5, 5.41) is 54.9. The molecule has 11 amide bonds. The number of fused-ring (bicyclic) bond motifs is 2. The molecule has 0 radical (unpaired) electrons. The smallest absolute Gasteiger partial charge is 0.326 e. The summed E-state index contributed by atoms with van der Waals surface area (Å²) >= 11 is 0. The van der Waals surface area contributed by atoms with Crippen molar-refractivity contribution in [2.45, 2.75) is 166 Å². The van der Waals surface area contributed by atoms with Crippen LogP contribution in [0.5, 0.6) is 5.75 Å². The highest BCUT2D eigenvalue weighted by Crippen LogP contribution is 2.22. The van der Waals surface area contributed by atoms with E-state index < -0.39 is 170 Å². The number of nitrogens with one attached hydrogen (secondary N) is 11. The molecule has 30 heteroatoms. The number of nitrogens with two attached hydrogens (primary N) is 4. The summed E-state index contributed by atoms with van der Waals surface area (Å²) in [6, 6.07) is 6.38. The van der Waals surface area contributed by atoms with Gasteiger partial charge >= 0.3 is 5.97 Å². The number of amides is 11. The minimum Gasteiger partial charge on any atom is -0.508 e. The number of benzene rings is 3. The summed E-state index contributed by atoms with van der Waals surface area (Å²) in [7, 11) is 0. The zero-order chi connectivity index (χ0) is 69.3. The van der Waals surface area contributed by atoms with Gasteiger partial charge in [0, 0.05) is 66.3 Å². The van der Waals surface area contributed by atoms with Gasteiger partial charge < -0.3 is 96.1 Å². The first-order valence-corrected chi connectivity index (χ1v) is 31.1. The Morgan fingerprint density at radius 2 is 0.947 bits per heavy atom. The van der Waals surface area contributed by atoms with Gasteiger partial charge in [0.15, 0.2) is 0 Å². The molecule has 2 aromatic heterocycles. The van der Waals surface area contributed by atoms with Crippen LogP contribution >= 0.6 is 0 Å². The number of phenols is 1. The molecule has 3 aromatic carbocycles. The van der Waals surface area contributed by atoms with Crippen LogP contribution in [0.15, 0.2) is 85.2 Å². The van der Waals surface area contributed by atoms with Crippen molar-refractivity contribution in [2.75, 3.05) is 13.1 Å². The van der Waals surface area contributed by atoms with Crippen molar-refractivity contribution in [2.24, 2.45) is 34.8 Å². The second-order valence-electron chi connectivity index (χ2n) is 24.0. The highest BCUT2D eigenvalue weighted by molar-refractivity contribution is 5.99. The molecule has 0 fully saturated rings. The van der Waals surface area contributed by atoms with E-state index in [4.69, 9.17) is 22.9 Å². The van der Waals surface area contributed by atoms with Gasteiger partial charge in [-0.1, -0.05) is 82.6 Å². The number of aliphatic hydroxyl groups is 1. The van der Waals surface area contributed by atoms with E-state index in [1.165, 1.54) is 31.2 Å². The lowest BCUT2D eigenvalue weighted by atomic mass is 9.99.